The Morgan fingerprint density at radius 1 is 1.22 bits per heavy atom. The van der Waals surface area contributed by atoms with E-state index in [-0.39, 0.29) is 17.1 Å². The monoisotopic (exact) mass is 123 g/mol. The second kappa shape index (κ2) is 1.85. The highest BCUT2D eigenvalue weighted by Gasteiger charge is 1.97. The molecule has 0 saturated carbocycles. The number of rotatable bonds is 0. The molecule has 3 heteroatoms. The van der Waals surface area contributed by atoms with Crippen LogP contribution in [0.1, 0.15) is 0 Å². The molecule has 1 aromatic carbocycles. The van der Waals surface area contributed by atoms with Crippen molar-refractivity contribution in [2.24, 2.45) is 0 Å². The molecule has 0 aliphatic heterocycles. The molecule has 9 heavy (non-hydrogen) atoms. The first-order valence-electron chi connectivity index (χ1n) is 2.46. The van der Waals surface area contributed by atoms with E-state index in [1.54, 1.807) is 0 Å². The molecule has 0 heterocycles. The molecule has 0 atom stereocenters. The number of hydrogen-bond acceptors (Lipinski definition) is 3. The second-order valence-electron chi connectivity index (χ2n) is 1.71. The highest BCUT2D eigenvalue weighted by Crippen LogP contribution is 2.25. The molecule has 0 spiro atoms. The van der Waals surface area contributed by atoms with Gasteiger partial charge in [0.2, 0.25) is 0 Å². The maximum Gasteiger partial charge on any atom is 0.161 e. The van der Waals surface area contributed by atoms with Crippen molar-refractivity contribution in [2.45, 2.75) is 0 Å². The molecular formula is C6H7N2O. The van der Waals surface area contributed by atoms with Crippen LogP contribution < -0.4 is 11.5 Å². The van der Waals surface area contributed by atoms with E-state index in [0.29, 0.717) is 0 Å². The third-order valence-electron chi connectivity index (χ3n) is 1.02. The van der Waals surface area contributed by atoms with E-state index in [4.69, 9.17) is 16.6 Å². The van der Waals surface area contributed by atoms with Crippen molar-refractivity contribution in [2.75, 3.05) is 11.5 Å². The van der Waals surface area contributed by atoms with Gasteiger partial charge in [-0.2, -0.15) is 0 Å². The number of hydrogen-bond donors (Lipinski definition) is 3. The van der Waals surface area contributed by atoms with E-state index < -0.39 is 0 Å². The SMILES string of the molecule is Nc1c[c]cc(N)c1O. The Kier molecular flexibility index (Phi) is 1.18. The Hall–Kier alpha value is -1.38. The van der Waals surface area contributed by atoms with Gasteiger partial charge < -0.3 is 16.6 Å². The Bertz CT molecular complexity index is 202. The first kappa shape index (κ1) is 5.75. The summed E-state index contributed by atoms with van der Waals surface area (Å²) < 4.78 is 0. The van der Waals surface area contributed by atoms with Crippen LogP contribution in [0.5, 0.6) is 5.75 Å². The lowest BCUT2D eigenvalue weighted by Gasteiger charge is -1.98. The lowest BCUT2D eigenvalue weighted by atomic mass is 10.2. The largest absolute Gasteiger partial charge is 0.504 e. The fourth-order valence-electron chi connectivity index (χ4n) is 0.525. The summed E-state index contributed by atoms with van der Waals surface area (Å²) in [5.41, 5.74) is 11.0. The number of nitrogen functional groups attached to an aromatic ring is 2. The van der Waals surface area contributed by atoms with E-state index in [2.05, 4.69) is 6.07 Å². The molecule has 0 bridgehead atoms. The molecule has 0 aliphatic carbocycles. The van der Waals surface area contributed by atoms with Gasteiger partial charge in [0.1, 0.15) is 0 Å². The van der Waals surface area contributed by atoms with Crippen LogP contribution in [0.25, 0.3) is 0 Å². The zero-order chi connectivity index (χ0) is 6.85. The summed E-state index contributed by atoms with van der Waals surface area (Å²) in [7, 11) is 0. The molecule has 0 unspecified atom stereocenters. The smallest absolute Gasteiger partial charge is 0.161 e. The van der Waals surface area contributed by atoms with E-state index in [9.17, 15) is 0 Å². The molecule has 0 saturated heterocycles. The number of anilines is 2. The van der Waals surface area contributed by atoms with Crippen molar-refractivity contribution in [3.8, 4) is 5.75 Å². The first-order valence-corrected chi connectivity index (χ1v) is 2.46. The number of nitrogens with two attached hydrogens (primary N) is 2. The van der Waals surface area contributed by atoms with Gasteiger partial charge in [-0.3, -0.25) is 0 Å². The maximum atomic E-state index is 8.94. The van der Waals surface area contributed by atoms with Gasteiger partial charge in [0.15, 0.2) is 5.75 Å². The standard InChI is InChI=1S/C6H7N2O/c7-4-2-1-3-5(8)6(4)9/h2-3,9H,7-8H2. The molecule has 47 valence electrons. The van der Waals surface area contributed by atoms with Crippen LogP contribution in [-0.4, -0.2) is 5.11 Å². The average molecular weight is 123 g/mol. The Labute approximate surface area is 52.9 Å². The summed E-state index contributed by atoms with van der Waals surface area (Å²) >= 11 is 0. The molecule has 1 radical (unpaired) electrons. The summed E-state index contributed by atoms with van der Waals surface area (Å²) in [5, 5.41) is 8.94. The van der Waals surface area contributed by atoms with Crippen molar-refractivity contribution >= 4 is 11.4 Å². The quantitative estimate of drug-likeness (QED) is 0.344. The summed E-state index contributed by atoms with van der Waals surface area (Å²) in [5.74, 6) is -0.0613. The molecule has 3 nitrogen and oxygen atoms in total. The number of phenolic OH excluding ortho intramolecular Hbond substituents is 1. The zero-order valence-electron chi connectivity index (χ0n) is 4.76. The molecule has 1 aromatic rings. The van der Waals surface area contributed by atoms with Crippen LogP contribution in [-0.2, 0) is 0 Å². The topological polar surface area (TPSA) is 72.3 Å². The highest BCUT2D eigenvalue weighted by atomic mass is 16.3. The fourth-order valence-corrected chi connectivity index (χ4v) is 0.525. The van der Waals surface area contributed by atoms with Gasteiger partial charge in [-0.15, -0.1) is 0 Å². The number of phenols is 1. The average Bonchev–Trinajstić information content (AvgIpc) is 1.83. The lowest BCUT2D eigenvalue weighted by molar-refractivity contribution is 0.480. The Balaban J connectivity index is 3.25. The summed E-state index contributed by atoms with van der Waals surface area (Å²) in [6.07, 6.45) is 0. The minimum atomic E-state index is -0.0613. The van der Waals surface area contributed by atoms with Crippen LogP contribution in [0.15, 0.2) is 12.1 Å². The van der Waals surface area contributed by atoms with Gasteiger partial charge in [0, 0.05) is 0 Å². The van der Waals surface area contributed by atoms with Crippen molar-refractivity contribution in [1.29, 1.82) is 0 Å². The summed E-state index contributed by atoms with van der Waals surface area (Å²) in [6, 6.07) is 5.59. The van der Waals surface area contributed by atoms with E-state index >= 15 is 0 Å². The third kappa shape index (κ3) is 0.887. The molecule has 1 rings (SSSR count). The van der Waals surface area contributed by atoms with Crippen LogP contribution in [0, 0.1) is 6.07 Å². The minimum absolute atomic E-state index is 0.0613. The predicted octanol–water partition coefficient (Wildman–Crippen LogP) is 0.357. The van der Waals surface area contributed by atoms with Gasteiger partial charge in [-0.25, -0.2) is 0 Å². The molecule has 5 N–H and O–H groups in total. The van der Waals surface area contributed by atoms with Crippen molar-refractivity contribution in [1.82, 2.24) is 0 Å². The molecule has 0 fully saturated rings. The lowest BCUT2D eigenvalue weighted by Crippen LogP contribution is -1.90. The normalized spacial score (nSPS) is 9.33. The van der Waals surface area contributed by atoms with Crippen molar-refractivity contribution < 1.29 is 5.11 Å². The Morgan fingerprint density at radius 3 is 2.00 bits per heavy atom. The number of benzene rings is 1. The van der Waals surface area contributed by atoms with Crippen molar-refractivity contribution in [3.63, 3.8) is 0 Å². The van der Waals surface area contributed by atoms with E-state index in [1.165, 1.54) is 12.1 Å². The van der Waals surface area contributed by atoms with E-state index in [0.717, 1.165) is 0 Å². The maximum absolute atomic E-state index is 8.94. The highest BCUT2D eigenvalue weighted by molar-refractivity contribution is 5.65. The minimum Gasteiger partial charge on any atom is -0.504 e. The Morgan fingerprint density at radius 2 is 1.67 bits per heavy atom. The second-order valence-corrected chi connectivity index (χ2v) is 1.71. The number of aromatic hydroxyl groups is 1. The van der Waals surface area contributed by atoms with E-state index in [1.807, 2.05) is 0 Å². The molecular weight excluding hydrogens is 116 g/mol. The fraction of sp³-hybridized carbons (Fsp3) is 0. The van der Waals surface area contributed by atoms with Gasteiger partial charge in [0.25, 0.3) is 0 Å². The summed E-state index contributed by atoms with van der Waals surface area (Å²) in [4.78, 5) is 0. The first-order chi connectivity index (χ1) is 4.22. The van der Waals surface area contributed by atoms with Crippen LogP contribution >= 0.6 is 0 Å². The van der Waals surface area contributed by atoms with Crippen LogP contribution in [0.3, 0.4) is 0 Å². The third-order valence-corrected chi connectivity index (χ3v) is 1.02. The summed E-state index contributed by atoms with van der Waals surface area (Å²) in [6.45, 7) is 0. The van der Waals surface area contributed by atoms with Crippen LogP contribution in [0.2, 0.25) is 0 Å². The van der Waals surface area contributed by atoms with Gasteiger partial charge in [0.05, 0.1) is 11.4 Å². The molecule has 0 aliphatic rings. The zero-order valence-corrected chi connectivity index (χ0v) is 4.76. The molecule has 0 amide bonds. The van der Waals surface area contributed by atoms with Gasteiger partial charge in [-0.05, 0) is 18.2 Å². The van der Waals surface area contributed by atoms with Crippen LogP contribution in [0.4, 0.5) is 11.4 Å². The predicted molar refractivity (Wildman–Crippen MR) is 35.8 cm³/mol. The van der Waals surface area contributed by atoms with Gasteiger partial charge in [-0.1, -0.05) is 0 Å². The molecule has 0 aromatic heterocycles. The van der Waals surface area contributed by atoms with Crippen molar-refractivity contribution in [3.05, 3.63) is 18.2 Å². The van der Waals surface area contributed by atoms with Gasteiger partial charge >= 0.3 is 0 Å².